The van der Waals surface area contributed by atoms with Crippen molar-refractivity contribution in [2.24, 2.45) is 10.9 Å². The quantitative estimate of drug-likeness (QED) is 0.665. The highest BCUT2D eigenvalue weighted by Gasteiger charge is 2.29. The Morgan fingerprint density at radius 2 is 2.10 bits per heavy atom. The monoisotopic (exact) mass is 438 g/mol. The van der Waals surface area contributed by atoms with E-state index in [-0.39, 0.29) is 16.6 Å². The molecule has 3 rings (SSSR count). The van der Waals surface area contributed by atoms with Gasteiger partial charge in [0.1, 0.15) is 16.9 Å². The molecule has 0 amide bonds. The number of halogens is 3. The number of rotatable bonds is 7. The largest absolute Gasteiger partial charge is 0.493 e. The Morgan fingerprint density at radius 1 is 1.39 bits per heavy atom. The first-order valence-corrected chi connectivity index (χ1v) is 9.79. The Hall–Kier alpha value is -2.95. The van der Waals surface area contributed by atoms with Gasteiger partial charge in [-0.25, -0.2) is 0 Å². The van der Waals surface area contributed by atoms with E-state index in [1.165, 1.54) is 12.3 Å². The molecule has 168 valence electrons. The Morgan fingerprint density at radius 3 is 2.74 bits per heavy atom. The van der Waals surface area contributed by atoms with E-state index in [1.807, 2.05) is 11.9 Å². The number of ether oxygens (including phenoxy) is 1. The number of nitrogens with zero attached hydrogens (tertiary/aromatic N) is 6. The normalized spacial score (nSPS) is 16.5. The molecule has 0 radical (unpaired) electrons. The van der Waals surface area contributed by atoms with Gasteiger partial charge in [0, 0.05) is 26.0 Å². The zero-order chi connectivity index (χ0) is 22.6. The van der Waals surface area contributed by atoms with Crippen LogP contribution in [0.5, 0.6) is 11.9 Å². The van der Waals surface area contributed by atoms with Crippen LogP contribution < -0.4 is 4.74 Å². The molecule has 1 fully saturated rings. The molecular weight excluding hydrogens is 413 g/mol. The highest BCUT2D eigenvalue weighted by molar-refractivity contribution is 5.92. The molecule has 0 bridgehead atoms. The summed E-state index contributed by atoms with van der Waals surface area (Å²) in [4.78, 5) is 20.2. The lowest BCUT2D eigenvalue weighted by atomic mass is 9.97. The summed E-state index contributed by atoms with van der Waals surface area (Å²) in [6.07, 6.45) is 0.837. The molecule has 0 saturated carbocycles. The van der Waals surface area contributed by atoms with E-state index in [1.54, 1.807) is 6.20 Å². The molecule has 1 aliphatic heterocycles. The summed E-state index contributed by atoms with van der Waals surface area (Å²) >= 11 is 0. The van der Waals surface area contributed by atoms with Gasteiger partial charge in [-0.1, -0.05) is 0 Å². The van der Waals surface area contributed by atoms with Gasteiger partial charge in [-0.3, -0.25) is 9.98 Å². The minimum Gasteiger partial charge on any atom is -0.493 e. The molecule has 3 heterocycles. The second-order valence-electron chi connectivity index (χ2n) is 7.65. The number of alkyl halides is 3. The molecule has 0 unspecified atom stereocenters. The lowest BCUT2D eigenvalue weighted by Crippen LogP contribution is -2.34. The van der Waals surface area contributed by atoms with Gasteiger partial charge in [0.05, 0.1) is 5.39 Å². The van der Waals surface area contributed by atoms with Crippen molar-refractivity contribution < 1.29 is 23.0 Å². The van der Waals surface area contributed by atoms with Crippen molar-refractivity contribution in [1.82, 2.24) is 24.8 Å². The summed E-state index contributed by atoms with van der Waals surface area (Å²) in [5.41, 5.74) is 0.761. The molecule has 31 heavy (non-hydrogen) atoms. The summed E-state index contributed by atoms with van der Waals surface area (Å²) < 4.78 is 42.0. The minimum atomic E-state index is -4.56. The van der Waals surface area contributed by atoms with Gasteiger partial charge >= 0.3 is 12.2 Å². The number of likely N-dealkylation sites (tertiary alicyclic amines) is 1. The maximum atomic E-state index is 12.5. The maximum Gasteiger partial charge on any atom is 0.422 e. The third kappa shape index (κ3) is 6.03. The highest BCUT2D eigenvalue weighted by atomic mass is 19.4. The maximum absolute atomic E-state index is 12.5. The molecular formula is C20H25F3N6O2. The molecule has 2 aromatic rings. The van der Waals surface area contributed by atoms with Gasteiger partial charge in [-0.2, -0.15) is 23.1 Å². The molecule has 1 saturated heterocycles. The highest BCUT2D eigenvalue weighted by Crippen LogP contribution is 2.30. The van der Waals surface area contributed by atoms with Gasteiger partial charge in [0.15, 0.2) is 6.61 Å². The molecule has 0 atom stereocenters. The second kappa shape index (κ2) is 9.46. The number of aromatic nitrogens is 3. The van der Waals surface area contributed by atoms with Gasteiger partial charge < -0.3 is 19.6 Å². The Labute approximate surface area is 178 Å². The Kier molecular flexibility index (Phi) is 6.94. The van der Waals surface area contributed by atoms with Crippen LogP contribution in [0.25, 0.3) is 16.6 Å². The Balaban J connectivity index is 1.88. The van der Waals surface area contributed by atoms with Crippen LogP contribution in [0.4, 0.5) is 13.2 Å². The second-order valence-corrected chi connectivity index (χ2v) is 7.65. The van der Waals surface area contributed by atoms with Gasteiger partial charge in [0.25, 0.3) is 0 Å². The summed E-state index contributed by atoms with van der Waals surface area (Å²) in [6.45, 7) is 4.94. The van der Waals surface area contributed by atoms with Crippen molar-refractivity contribution in [3.8, 4) is 11.9 Å². The van der Waals surface area contributed by atoms with E-state index >= 15 is 0 Å². The summed E-state index contributed by atoms with van der Waals surface area (Å²) in [5.74, 6) is 0.0339. The van der Waals surface area contributed by atoms with Crippen molar-refractivity contribution in [2.45, 2.75) is 19.0 Å². The number of aromatic hydroxyl groups is 1. The molecule has 0 spiro atoms. The third-order valence-corrected chi connectivity index (χ3v) is 5.08. The van der Waals surface area contributed by atoms with E-state index in [0.29, 0.717) is 11.6 Å². The van der Waals surface area contributed by atoms with Crippen LogP contribution in [0.15, 0.2) is 23.5 Å². The average Bonchev–Trinajstić information content (AvgIpc) is 2.71. The number of pyridine rings is 1. The molecule has 2 aromatic heterocycles. The molecule has 1 N–H and O–H groups in total. The molecule has 0 aromatic carbocycles. The van der Waals surface area contributed by atoms with Crippen LogP contribution in [0.1, 0.15) is 18.5 Å². The zero-order valence-corrected chi connectivity index (χ0v) is 17.4. The van der Waals surface area contributed by atoms with Gasteiger partial charge in [-0.05, 0) is 51.7 Å². The standard InChI is InChI=1S/C20H25F3N6O2/c1-24-15(11-29(3)10-13-5-8-28(2)9-6-13)17-16-14(4-7-25-17)18(30)27-19(26-16)31-12-20(21,22)23/h4,7,11,13H,1,5-6,8-10,12H2,2-3H3,(H,26,27,30)/b15-11-. The van der Waals surface area contributed by atoms with Crippen molar-refractivity contribution >= 4 is 23.3 Å². The fraction of sp³-hybridized carbons (Fsp3) is 0.500. The number of hydrogen-bond acceptors (Lipinski definition) is 8. The third-order valence-electron chi connectivity index (χ3n) is 5.08. The molecule has 11 heteroatoms. The average molecular weight is 438 g/mol. The van der Waals surface area contributed by atoms with Crippen LogP contribution in [0.2, 0.25) is 0 Å². The van der Waals surface area contributed by atoms with Crippen molar-refractivity contribution in [3.63, 3.8) is 0 Å². The first-order valence-electron chi connectivity index (χ1n) is 9.79. The van der Waals surface area contributed by atoms with Crippen LogP contribution in [-0.4, -0.2) is 83.1 Å². The predicted molar refractivity (Wildman–Crippen MR) is 111 cm³/mol. The summed E-state index contributed by atoms with van der Waals surface area (Å²) in [5, 5.41) is 10.4. The van der Waals surface area contributed by atoms with E-state index in [9.17, 15) is 18.3 Å². The lowest BCUT2D eigenvalue weighted by molar-refractivity contribution is -0.154. The number of fused-ring (bicyclic) bond motifs is 1. The zero-order valence-electron chi connectivity index (χ0n) is 17.4. The molecule has 0 aliphatic carbocycles. The molecule has 1 aliphatic rings. The topological polar surface area (TPSA) is 87.0 Å². The minimum absolute atomic E-state index is 0.124. The van der Waals surface area contributed by atoms with Crippen molar-refractivity contribution in [2.75, 3.05) is 40.3 Å². The smallest absolute Gasteiger partial charge is 0.422 e. The van der Waals surface area contributed by atoms with Crippen molar-refractivity contribution in [3.05, 3.63) is 24.2 Å². The van der Waals surface area contributed by atoms with Gasteiger partial charge in [-0.15, -0.1) is 0 Å². The van der Waals surface area contributed by atoms with E-state index in [0.717, 1.165) is 32.5 Å². The first-order chi connectivity index (χ1) is 14.7. The fourth-order valence-electron chi connectivity index (χ4n) is 3.51. The predicted octanol–water partition coefficient (Wildman–Crippen LogP) is 2.94. The van der Waals surface area contributed by atoms with Crippen LogP contribution in [0, 0.1) is 5.92 Å². The fourth-order valence-corrected chi connectivity index (χ4v) is 3.51. The van der Waals surface area contributed by atoms with E-state index in [2.05, 4.69) is 43.3 Å². The lowest BCUT2D eigenvalue weighted by Gasteiger charge is -2.31. The molecule has 8 nitrogen and oxygen atoms in total. The van der Waals surface area contributed by atoms with Crippen molar-refractivity contribution in [1.29, 1.82) is 0 Å². The first kappa shape index (κ1) is 22.7. The number of piperidine rings is 1. The SMILES string of the molecule is C=N/C(=C\N(C)CC1CCN(C)CC1)c1nccc2c(O)nc(OCC(F)(F)F)nc12. The number of aliphatic imine (C=N–C) groups is 1. The van der Waals surface area contributed by atoms with Crippen LogP contribution in [-0.2, 0) is 0 Å². The van der Waals surface area contributed by atoms with Crippen LogP contribution >= 0.6 is 0 Å². The van der Waals surface area contributed by atoms with Gasteiger partial charge in [0.2, 0.25) is 5.88 Å². The summed E-state index contributed by atoms with van der Waals surface area (Å²) in [7, 11) is 4.02. The number of hydrogen-bond donors (Lipinski definition) is 1. The Bertz CT molecular complexity index is 958. The van der Waals surface area contributed by atoms with E-state index in [4.69, 9.17) is 0 Å². The summed E-state index contributed by atoms with van der Waals surface area (Å²) in [6, 6.07) is 0.865. The van der Waals surface area contributed by atoms with E-state index < -0.39 is 24.7 Å². The van der Waals surface area contributed by atoms with Crippen LogP contribution in [0.3, 0.4) is 0 Å².